The number of aromatic hydroxyl groups is 2. The number of nitrogens with one attached hydrogen (secondary N) is 13. The van der Waals surface area contributed by atoms with Gasteiger partial charge in [-0.1, -0.05) is 90.7 Å². The molecule has 1 saturated heterocycles. The summed E-state index contributed by atoms with van der Waals surface area (Å²) in [7, 11) is 1.69. The molecule has 1 aliphatic carbocycles. The average molecular weight is 1530 g/mol. The van der Waals surface area contributed by atoms with Crippen molar-refractivity contribution in [2.45, 2.75) is 184 Å². The topological polar surface area (TPSA) is 579 Å². The highest BCUT2D eigenvalue weighted by Gasteiger charge is 2.38. The molecule has 2 fully saturated rings. The molecule has 0 bridgehead atoms. The van der Waals surface area contributed by atoms with E-state index in [2.05, 4.69) is 63.5 Å². The lowest BCUT2D eigenvalue weighted by molar-refractivity contribution is -0.139. The van der Waals surface area contributed by atoms with Gasteiger partial charge >= 0.3 is 5.97 Å². The van der Waals surface area contributed by atoms with Crippen LogP contribution in [-0.4, -0.2) is 212 Å². The number of aromatic nitrogens is 1. The minimum atomic E-state index is -1.75. The number of carboxylic acids is 1. The molecule has 107 heavy (non-hydrogen) atoms. The first-order chi connectivity index (χ1) is 50.8. The Morgan fingerprint density at radius 1 is 0.654 bits per heavy atom. The number of fused-ring (bicyclic) bond motifs is 1. The van der Waals surface area contributed by atoms with E-state index in [9.17, 15) is 77.6 Å². The molecule has 37 heteroatoms. The van der Waals surface area contributed by atoms with Crippen LogP contribution >= 0.6 is 21.6 Å². The number of phenolic OH excluding ortho intramolecular Hbond substituents is 2. The Balaban J connectivity index is 1.41. The molecule has 3 aromatic carbocycles. The third-order valence-electron chi connectivity index (χ3n) is 17.6. The monoisotopic (exact) mass is 1530 g/mol. The standard InChI is InChI=1S/C70H98N18O17S2/c1-37(2)60-69(105)84-51(31-40-16-20-44(90)21-17-40)66(102)81-47(13-8-27-77-70(74)75)62(98)76-28-26-56(92)79-48(22-24-55(72)91)63(99)83-52(32-41-33-78-46-12-7-6-11-45(41)46)67(103)82-49(23-25-59(95)96)64(100)85-53(61(73)97)35-106-107-36-54(68(104)87-60)86-65(101)50(30-39-14-18-43(89)19-15-39)80-57(93)34-88(42-9-4-5-10-42)58(94)29-38(3)71/h6-7,11-12,14-21,33,37-38,42,47-54,60,78,89-90H,4-5,8-10,13,22-32,34-36,71H2,1-3H3,(H2,72,91)(H2,73,97)(H,76,98)(H,79,92)(H,80,93)(H,81,102)(H,82,103)(H,83,99)(H,84,105)(H,85,100)(H,86,101)(H,87,104)(H,95,96)(H4,74,75,77)/t38?,47-,48-,49-,50-,51-,52-,53-,54-,60-/m0/s1. The fraction of sp³-hybridized carbons (Fsp3) is 0.500. The molecule has 1 saturated carbocycles. The van der Waals surface area contributed by atoms with Crippen LogP contribution < -0.4 is 81.4 Å². The molecule has 2 heterocycles. The third kappa shape index (κ3) is 28.6. The summed E-state index contributed by atoms with van der Waals surface area (Å²) in [5, 5.41) is 67.2. The van der Waals surface area contributed by atoms with Gasteiger partial charge in [0, 0.05) is 98.7 Å². The SMILES string of the molecule is CC(N)CC(=O)N(CC(=O)N[C@@H](Cc1ccc(O)cc1)C(=O)N[C@H]1CSSC[C@@H](C(N)=O)NC(=O)[C@H](CCC(=O)O)NC(=O)[C@H](Cc2c[nH]c3ccccc23)NC(=O)[C@H](CCC(N)=O)NC(=O)CCNC(=O)[C@H](CCCNC(=N)N)NC(=O)[C@H](Cc2ccc(O)cc2)NC(=O)[C@H](C(C)C)NC1=O)C1CCCC1. The molecule has 6 rings (SSSR count). The van der Waals surface area contributed by atoms with Crippen molar-refractivity contribution >= 4 is 121 Å². The fourth-order valence-corrected chi connectivity index (χ4v) is 14.2. The third-order valence-corrected chi connectivity index (χ3v) is 20.1. The van der Waals surface area contributed by atoms with Gasteiger partial charge < -0.3 is 107 Å². The van der Waals surface area contributed by atoms with Crippen molar-refractivity contribution < 1.29 is 82.4 Å². The Morgan fingerprint density at radius 2 is 1.22 bits per heavy atom. The van der Waals surface area contributed by atoms with Gasteiger partial charge in [0.05, 0.1) is 6.54 Å². The normalized spacial score (nSPS) is 21.6. The summed E-state index contributed by atoms with van der Waals surface area (Å²) in [5.41, 5.74) is 24.8. The number of carbonyl (C=O) groups excluding carboxylic acids is 13. The van der Waals surface area contributed by atoms with E-state index in [0.717, 1.165) is 34.4 Å². The molecule has 10 atom stereocenters. The van der Waals surface area contributed by atoms with E-state index in [1.54, 1.807) is 51.2 Å². The number of para-hydroxylation sites is 1. The molecule has 24 N–H and O–H groups in total. The van der Waals surface area contributed by atoms with E-state index in [4.69, 9.17) is 28.3 Å². The zero-order valence-electron chi connectivity index (χ0n) is 59.7. The Morgan fingerprint density at radius 3 is 1.84 bits per heavy atom. The maximum atomic E-state index is 15.1. The number of primary amides is 2. The quantitative estimate of drug-likeness (QED) is 0.0139. The van der Waals surface area contributed by atoms with Crippen molar-refractivity contribution in [1.82, 2.24) is 68.4 Å². The average Bonchev–Trinajstić information content (AvgIpc) is 1.73. The van der Waals surface area contributed by atoms with Gasteiger partial charge in [-0.25, -0.2) is 0 Å². The summed E-state index contributed by atoms with van der Waals surface area (Å²) >= 11 is 0. The van der Waals surface area contributed by atoms with Crippen molar-refractivity contribution in [2.24, 2.45) is 28.9 Å². The molecular weight excluding hydrogens is 1430 g/mol. The summed E-state index contributed by atoms with van der Waals surface area (Å²) < 4.78 is 0. The summed E-state index contributed by atoms with van der Waals surface area (Å²) in [6.07, 6.45) is 0.728. The van der Waals surface area contributed by atoms with Gasteiger partial charge in [-0.3, -0.25) is 72.5 Å². The van der Waals surface area contributed by atoms with Crippen molar-refractivity contribution in [3.8, 4) is 11.5 Å². The lowest BCUT2D eigenvalue weighted by Crippen LogP contribution is -2.61. The molecule has 35 nitrogen and oxygen atoms in total. The number of guanidine groups is 1. The van der Waals surface area contributed by atoms with Crippen LogP contribution in [-0.2, 0) is 86.4 Å². The van der Waals surface area contributed by atoms with Crippen LogP contribution in [0.4, 0.5) is 0 Å². The number of carbonyl (C=O) groups is 14. The van der Waals surface area contributed by atoms with Gasteiger partial charge in [0.25, 0.3) is 0 Å². The fourth-order valence-electron chi connectivity index (χ4n) is 11.9. The van der Waals surface area contributed by atoms with Crippen LogP contribution in [0.5, 0.6) is 11.5 Å². The van der Waals surface area contributed by atoms with Crippen LogP contribution in [0.2, 0.25) is 0 Å². The van der Waals surface area contributed by atoms with E-state index in [1.807, 2.05) is 0 Å². The minimum absolute atomic E-state index is 0.0388. The molecule has 1 unspecified atom stereocenters. The number of carboxylic acid groups (broad SMARTS) is 1. The first-order valence-corrected chi connectivity index (χ1v) is 37.6. The Bertz CT molecular complexity index is 3800. The van der Waals surface area contributed by atoms with Gasteiger partial charge in [0.2, 0.25) is 76.8 Å². The molecule has 4 aromatic rings. The largest absolute Gasteiger partial charge is 0.508 e. The predicted octanol–water partition coefficient (Wildman–Crippen LogP) is -2.09. The molecule has 0 radical (unpaired) electrons. The van der Waals surface area contributed by atoms with Crippen molar-refractivity contribution in [2.75, 3.05) is 31.1 Å². The Labute approximate surface area is 625 Å². The van der Waals surface area contributed by atoms with E-state index in [1.165, 1.54) is 53.4 Å². The van der Waals surface area contributed by atoms with Crippen molar-refractivity contribution in [3.63, 3.8) is 0 Å². The molecule has 13 amide bonds. The van der Waals surface area contributed by atoms with Gasteiger partial charge in [-0.2, -0.15) is 0 Å². The lowest BCUT2D eigenvalue weighted by Gasteiger charge is -2.30. The number of rotatable bonds is 26. The molecule has 582 valence electrons. The highest BCUT2D eigenvalue weighted by Crippen LogP contribution is 2.27. The molecule has 1 aliphatic heterocycles. The van der Waals surface area contributed by atoms with E-state index >= 15 is 4.79 Å². The maximum absolute atomic E-state index is 15.1. The molecule has 0 spiro atoms. The second-order valence-electron chi connectivity index (χ2n) is 26.7. The van der Waals surface area contributed by atoms with Gasteiger partial charge in [0.15, 0.2) is 5.96 Å². The number of hydrogen-bond donors (Lipinski definition) is 20. The number of nitrogens with zero attached hydrogens (tertiary/aromatic N) is 1. The van der Waals surface area contributed by atoms with Gasteiger partial charge in [-0.05, 0) is 98.4 Å². The predicted molar refractivity (Wildman–Crippen MR) is 396 cm³/mol. The van der Waals surface area contributed by atoms with E-state index in [0.29, 0.717) is 40.4 Å². The summed E-state index contributed by atoms with van der Waals surface area (Å²) in [6.45, 7) is 3.90. The van der Waals surface area contributed by atoms with E-state index < -0.39 is 206 Å². The summed E-state index contributed by atoms with van der Waals surface area (Å²) in [5.74, 6) is -15.6. The molecule has 1 aromatic heterocycles. The second kappa shape index (κ2) is 42.5. The Kier molecular flexibility index (Phi) is 33.8. The van der Waals surface area contributed by atoms with Gasteiger partial charge in [0.1, 0.15) is 65.9 Å². The molecule has 2 aliphatic rings. The number of phenols is 2. The number of amides is 13. The smallest absolute Gasteiger partial charge is 0.303 e. The van der Waals surface area contributed by atoms with Crippen LogP contribution in [0.3, 0.4) is 0 Å². The first kappa shape index (κ1) is 85.2. The summed E-state index contributed by atoms with van der Waals surface area (Å²) in [4.78, 5) is 201. The lowest BCUT2D eigenvalue weighted by atomic mass is 10.00. The number of aromatic amines is 1. The van der Waals surface area contributed by atoms with Crippen LogP contribution in [0.15, 0.2) is 79.0 Å². The first-order valence-electron chi connectivity index (χ1n) is 35.1. The minimum Gasteiger partial charge on any atom is -0.508 e. The van der Waals surface area contributed by atoms with Gasteiger partial charge in [-0.15, -0.1) is 0 Å². The number of H-pyrrole nitrogens is 1. The van der Waals surface area contributed by atoms with Crippen LogP contribution in [0.1, 0.15) is 115 Å². The number of benzene rings is 3. The van der Waals surface area contributed by atoms with Crippen LogP contribution in [0, 0.1) is 11.3 Å². The zero-order valence-corrected chi connectivity index (χ0v) is 61.3. The number of nitrogens with two attached hydrogens (primary N) is 4. The van der Waals surface area contributed by atoms with Crippen LogP contribution in [0.25, 0.3) is 10.9 Å². The highest BCUT2D eigenvalue weighted by atomic mass is 33.1. The Hall–Kier alpha value is -10.7. The second-order valence-corrected chi connectivity index (χ2v) is 29.3. The highest BCUT2D eigenvalue weighted by molar-refractivity contribution is 8.76. The van der Waals surface area contributed by atoms with Crippen molar-refractivity contribution in [1.29, 1.82) is 5.41 Å². The summed E-state index contributed by atoms with van der Waals surface area (Å²) in [6, 6.07) is 3.09. The molecular formula is C70H98N18O17S2. The number of hydrogen-bond acceptors (Lipinski definition) is 20. The maximum Gasteiger partial charge on any atom is 0.303 e. The van der Waals surface area contributed by atoms with E-state index in [-0.39, 0.29) is 68.5 Å². The number of aliphatic carboxylic acids is 1. The zero-order chi connectivity index (χ0) is 78.4. The van der Waals surface area contributed by atoms with Crippen molar-refractivity contribution in [3.05, 3.63) is 95.7 Å².